The molecule has 3 heterocycles. The predicted molar refractivity (Wildman–Crippen MR) is 121 cm³/mol. The lowest BCUT2D eigenvalue weighted by Gasteiger charge is -2.19. The number of hydrogen-bond donors (Lipinski definition) is 2. The van der Waals surface area contributed by atoms with Crippen LogP contribution in [0.1, 0.15) is 31.6 Å². The third kappa shape index (κ3) is 4.49. The molecule has 0 aliphatic carbocycles. The number of hydrazine groups is 1. The third-order valence-corrected chi connectivity index (χ3v) is 6.50. The molecule has 11 heteroatoms. The fraction of sp³-hybridized carbons (Fsp3) is 0.318. The third-order valence-electron chi connectivity index (χ3n) is 5.54. The molecule has 1 fully saturated rings. The molecule has 0 saturated carbocycles. The van der Waals surface area contributed by atoms with E-state index in [0.29, 0.717) is 29.7 Å². The maximum Gasteiger partial charge on any atom is 0.344 e. The van der Waals surface area contributed by atoms with Crippen LogP contribution in [0.5, 0.6) is 0 Å². The average Bonchev–Trinajstić information content (AvgIpc) is 3.46. The number of aryl methyl sites for hydroxylation is 1. The summed E-state index contributed by atoms with van der Waals surface area (Å²) < 4.78 is 7.33. The van der Waals surface area contributed by atoms with E-state index in [1.165, 1.54) is 11.8 Å². The summed E-state index contributed by atoms with van der Waals surface area (Å²) in [6.45, 7) is 5.76. The Morgan fingerprint density at radius 1 is 1.21 bits per heavy atom. The van der Waals surface area contributed by atoms with Gasteiger partial charge in [-0.25, -0.2) is 4.79 Å². The zero-order valence-corrected chi connectivity index (χ0v) is 19.3. The van der Waals surface area contributed by atoms with Crippen molar-refractivity contribution in [1.29, 1.82) is 0 Å². The molecule has 2 N–H and O–H groups in total. The Balaban J connectivity index is 1.50. The molecular formula is C22H24N6O4S. The van der Waals surface area contributed by atoms with Gasteiger partial charge in [-0.3, -0.25) is 19.6 Å². The van der Waals surface area contributed by atoms with E-state index in [1.807, 2.05) is 47.9 Å². The average molecular weight is 469 g/mol. The zero-order chi connectivity index (χ0) is 23.6. The van der Waals surface area contributed by atoms with Gasteiger partial charge in [-0.1, -0.05) is 49.0 Å². The Bertz CT molecular complexity index is 1190. The molecular weight excluding hydrogens is 444 g/mol. The molecule has 1 atom stereocenters. The van der Waals surface area contributed by atoms with Crippen molar-refractivity contribution in [3.63, 3.8) is 0 Å². The van der Waals surface area contributed by atoms with Crippen LogP contribution in [0.4, 0.5) is 4.79 Å². The second-order valence-electron chi connectivity index (χ2n) is 7.85. The second-order valence-corrected chi connectivity index (χ2v) is 8.79. The maximum absolute atomic E-state index is 12.5. The molecule has 1 aliphatic heterocycles. The Morgan fingerprint density at radius 3 is 2.61 bits per heavy atom. The summed E-state index contributed by atoms with van der Waals surface area (Å²) in [7, 11) is 0. The lowest BCUT2D eigenvalue weighted by molar-refractivity contribution is -0.137. The zero-order valence-electron chi connectivity index (χ0n) is 18.5. The molecule has 0 unspecified atom stereocenters. The lowest BCUT2D eigenvalue weighted by atomic mass is 10.00. The maximum atomic E-state index is 12.5. The molecule has 0 spiro atoms. The molecule has 0 bridgehead atoms. The predicted octanol–water partition coefficient (Wildman–Crippen LogP) is 2.74. The highest BCUT2D eigenvalue weighted by Gasteiger charge is 2.47. The molecule has 3 aromatic rings. The summed E-state index contributed by atoms with van der Waals surface area (Å²) in [4.78, 5) is 37.2. The van der Waals surface area contributed by atoms with Crippen LogP contribution in [0.15, 0.2) is 52.2 Å². The van der Waals surface area contributed by atoms with Gasteiger partial charge < -0.3 is 9.73 Å². The smallest absolute Gasteiger partial charge is 0.344 e. The van der Waals surface area contributed by atoms with Crippen LogP contribution in [0.25, 0.3) is 11.4 Å². The number of imide groups is 1. The van der Waals surface area contributed by atoms with Crippen molar-refractivity contribution in [3.8, 4) is 11.4 Å². The van der Waals surface area contributed by atoms with Crippen LogP contribution in [0.2, 0.25) is 0 Å². The number of carbonyl (C=O) groups is 3. The van der Waals surface area contributed by atoms with Gasteiger partial charge in [0.25, 0.3) is 5.91 Å². The normalized spacial score (nSPS) is 18.0. The first-order valence-electron chi connectivity index (χ1n) is 10.4. The van der Waals surface area contributed by atoms with Crippen molar-refractivity contribution in [1.82, 2.24) is 30.5 Å². The SMILES string of the molecule is CC[C@]1(C)NC(=O)N(NC(=O)CSc2nnc(-c3ccoc3C)n2Cc2ccccc2)C1=O. The van der Waals surface area contributed by atoms with Crippen LogP contribution in [-0.4, -0.2) is 48.9 Å². The topological polar surface area (TPSA) is 122 Å². The highest BCUT2D eigenvalue weighted by molar-refractivity contribution is 7.99. The summed E-state index contributed by atoms with van der Waals surface area (Å²) in [5.41, 5.74) is 3.23. The van der Waals surface area contributed by atoms with Gasteiger partial charge in [-0.05, 0) is 31.9 Å². The monoisotopic (exact) mass is 468 g/mol. The molecule has 33 heavy (non-hydrogen) atoms. The number of nitrogens with zero attached hydrogens (tertiary/aromatic N) is 4. The Kier molecular flexibility index (Phi) is 6.23. The van der Waals surface area contributed by atoms with Crippen molar-refractivity contribution in [2.75, 3.05) is 5.75 Å². The van der Waals surface area contributed by atoms with Crippen molar-refractivity contribution >= 4 is 29.6 Å². The number of nitrogens with one attached hydrogen (secondary N) is 2. The number of aromatic nitrogens is 3. The molecule has 172 valence electrons. The van der Waals surface area contributed by atoms with E-state index >= 15 is 0 Å². The first kappa shape index (κ1) is 22.6. The molecule has 1 aliphatic rings. The number of rotatable bonds is 8. The number of carbonyl (C=O) groups excluding carboxylic acids is 3. The number of furan rings is 1. The fourth-order valence-corrected chi connectivity index (χ4v) is 4.16. The van der Waals surface area contributed by atoms with Crippen LogP contribution in [-0.2, 0) is 16.1 Å². The van der Waals surface area contributed by atoms with Crippen molar-refractivity contribution < 1.29 is 18.8 Å². The number of hydrogen-bond acceptors (Lipinski definition) is 7. The molecule has 4 amide bonds. The molecule has 4 rings (SSSR count). The van der Waals surface area contributed by atoms with Crippen LogP contribution in [0.3, 0.4) is 0 Å². The lowest BCUT2D eigenvalue weighted by Crippen LogP contribution is -2.49. The van der Waals surface area contributed by atoms with Crippen LogP contribution in [0, 0.1) is 6.92 Å². The van der Waals surface area contributed by atoms with E-state index < -0.39 is 23.4 Å². The Morgan fingerprint density at radius 2 is 1.97 bits per heavy atom. The quantitative estimate of drug-likeness (QED) is 0.385. The van der Waals surface area contributed by atoms with E-state index in [-0.39, 0.29) is 5.75 Å². The van der Waals surface area contributed by atoms with Gasteiger partial charge in [0, 0.05) is 0 Å². The van der Waals surface area contributed by atoms with Gasteiger partial charge in [-0.15, -0.1) is 10.2 Å². The van der Waals surface area contributed by atoms with Crippen molar-refractivity contribution in [2.45, 2.75) is 44.4 Å². The minimum atomic E-state index is -1.02. The van der Waals surface area contributed by atoms with E-state index in [9.17, 15) is 14.4 Å². The van der Waals surface area contributed by atoms with E-state index in [1.54, 1.807) is 20.1 Å². The fourth-order valence-electron chi connectivity index (χ4n) is 3.43. The highest BCUT2D eigenvalue weighted by Crippen LogP contribution is 2.28. The minimum Gasteiger partial charge on any atom is -0.469 e. The van der Waals surface area contributed by atoms with Crippen molar-refractivity contribution in [3.05, 3.63) is 54.0 Å². The number of benzene rings is 1. The molecule has 1 saturated heterocycles. The van der Waals surface area contributed by atoms with Gasteiger partial charge in [0.1, 0.15) is 11.3 Å². The Hall–Kier alpha value is -3.60. The van der Waals surface area contributed by atoms with Crippen LogP contribution >= 0.6 is 11.8 Å². The first-order chi connectivity index (χ1) is 15.8. The van der Waals surface area contributed by atoms with Crippen LogP contribution < -0.4 is 10.7 Å². The molecule has 10 nitrogen and oxygen atoms in total. The molecule has 0 radical (unpaired) electrons. The van der Waals surface area contributed by atoms with Gasteiger partial charge >= 0.3 is 6.03 Å². The highest BCUT2D eigenvalue weighted by atomic mass is 32.2. The standard InChI is InChI=1S/C22H24N6O4S/c1-4-22(3)19(30)28(20(31)23-22)26-17(29)13-33-21-25-24-18(16-10-11-32-14(16)2)27(21)12-15-8-6-5-7-9-15/h5-11H,4,12-13H2,1-3H3,(H,23,31)(H,26,29)/t22-/m0/s1. The number of thioether (sulfide) groups is 1. The largest absolute Gasteiger partial charge is 0.469 e. The van der Waals surface area contributed by atoms with Gasteiger partial charge in [0.2, 0.25) is 5.91 Å². The van der Waals surface area contributed by atoms with E-state index in [4.69, 9.17) is 4.42 Å². The summed E-state index contributed by atoms with van der Waals surface area (Å²) in [6, 6.07) is 11.0. The minimum absolute atomic E-state index is 0.0583. The van der Waals surface area contributed by atoms with Crippen molar-refractivity contribution in [2.24, 2.45) is 0 Å². The summed E-state index contributed by atoms with van der Waals surface area (Å²) in [6.07, 6.45) is 2.01. The Labute approximate surface area is 194 Å². The van der Waals surface area contributed by atoms with E-state index in [2.05, 4.69) is 20.9 Å². The second kappa shape index (κ2) is 9.10. The van der Waals surface area contributed by atoms with Gasteiger partial charge in [-0.2, -0.15) is 5.01 Å². The summed E-state index contributed by atoms with van der Waals surface area (Å²) >= 11 is 1.17. The summed E-state index contributed by atoms with van der Waals surface area (Å²) in [5.74, 6) is 0.291. The molecule has 1 aromatic carbocycles. The van der Waals surface area contributed by atoms with Gasteiger partial charge in [0.05, 0.1) is 24.1 Å². The summed E-state index contributed by atoms with van der Waals surface area (Å²) in [5, 5.41) is 12.5. The molecule has 2 aromatic heterocycles. The first-order valence-corrected chi connectivity index (χ1v) is 11.4. The van der Waals surface area contributed by atoms with E-state index in [0.717, 1.165) is 16.1 Å². The number of urea groups is 1. The van der Waals surface area contributed by atoms with Gasteiger partial charge in [0.15, 0.2) is 11.0 Å². The number of amides is 4.